The Labute approximate surface area is 104 Å². The summed E-state index contributed by atoms with van der Waals surface area (Å²) in [6.07, 6.45) is 0. The summed E-state index contributed by atoms with van der Waals surface area (Å²) in [4.78, 5) is 26.9. The van der Waals surface area contributed by atoms with E-state index in [4.69, 9.17) is 8.92 Å². The zero-order valence-corrected chi connectivity index (χ0v) is 10.5. The summed E-state index contributed by atoms with van der Waals surface area (Å²) >= 11 is 0.710. The maximum atomic E-state index is 11.6. The van der Waals surface area contributed by atoms with Gasteiger partial charge < -0.3 is 8.92 Å². The highest BCUT2D eigenvalue weighted by Gasteiger charge is 2.13. The number of pyridine rings is 1. The van der Waals surface area contributed by atoms with Crippen molar-refractivity contribution in [3.05, 3.63) is 29.6 Å². The van der Waals surface area contributed by atoms with Crippen molar-refractivity contribution in [3.8, 4) is 0 Å². The largest absolute Gasteiger partial charge is 0.461 e. The third-order valence-corrected chi connectivity index (χ3v) is 2.41. The molecule has 1 heterocycles. The molecule has 0 amide bonds. The minimum absolute atomic E-state index is 0.120. The maximum Gasteiger partial charge on any atom is 0.356 e. The minimum Gasteiger partial charge on any atom is -0.461 e. The van der Waals surface area contributed by atoms with Crippen molar-refractivity contribution in [3.63, 3.8) is 0 Å². The van der Waals surface area contributed by atoms with Crippen LogP contribution in [0.25, 0.3) is 0 Å². The number of aromatic nitrogens is 1. The van der Waals surface area contributed by atoms with Crippen LogP contribution >= 0.6 is 12.0 Å². The SMILES string of the molecule is CCOSC(=O)c1cccc(C(=O)OCC)n1. The normalized spacial score (nSPS) is 10.0. The van der Waals surface area contributed by atoms with Gasteiger partial charge in [0.05, 0.1) is 25.3 Å². The molecule has 1 aromatic rings. The van der Waals surface area contributed by atoms with Crippen LogP contribution in [0, 0.1) is 0 Å². The van der Waals surface area contributed by atoms with Gasteiger partial charge in [-0.2, -0.15) is 0 Å². The van der Waals surface area contributed by atoms with Crippen LogP contribution < -0.4 is 0 Å². The van der Waals surface area contributed by atoms with Crippen molar-refractivity contribution in [1.29, 1.82) is 0 Å². The number of hydrogen-bond donors (Lipinski definition) is 0. The standard InChI is InChI=1S/C11H13NO4S/c1-3-15-10(13)8-6-5-7-9(12-8)11(14)17-16-4-2/h5-7H,3-4H2,1-2H3. The van der Waals surface area contributed by atoms with E-state index >= 15 is 0 Å². The van der Waals surface area contributed by atoms with Crippen molar-refractivity contribution in [2.24, 2.45) is 0 Å². The Balaban J connectivity index is 2.78. The van der Waals surface area contributed by atoms with Crippen molar-refractivity contribution in [2.45, 2.75) is 13.8 Å². The van der Waals surface area contributed by atoms with Gasteiger partial charge in [-0.15, -0.1) is 0 Å². The van der Waals surface area contributed by atoms with Crippen LogP contribution in [0.1, 0.15) is 34.8 Å². The first kappa shape index (κ1) is 13.7. The highest BCUT2D eigenvalue weighted by Crippen LogP contribution is 2.12. The van der Waals surface area contributed by atoms with Crippen molar-refractivity contribution < 1.29 is 18.5 Å². The quantitative estimate of drug-likeness (QED) is 0.593. The van der Waals surface area contributed by atoms with Gasteiger partial charge >= 0.3 is 5.97 Å². The monoisotopic (exact) mass is 255 g/mol. The van der Waals surface area contributed by atoms with Gasteiger partial charge in [0, 0.05) is 0 Å². The van der Waals surface area contributed by atoms with Gasteiger partial charge in [-0.1, -0.05) is 6.07 Å². The van der Waals surface area contributed by atoms with Gasteiger partial charge in [0.1, 0.15) is 11.4 Å². The van der Waals surface area contributed by atoms with Gasteiger partial charge in [-0.3, -0.25) is 4.79 Å². The molecule has 0 saturated heterocycles. The Morgan fingerprint density at radius 2 is 1.94 bits per heavy atom. The smallest absolute Gasteiger partial charge is 0.356 e. The van der Waals surface area contributed by atoms with E-state index in [1.807, 2.05) is 0 Å². The van der Waals surface area contributed by atoms with Crippen LogP contribution in [-0.2, 0) is 8.92 Å². The molecular formula is C11H13NO4S. The number of ether oxygens (including phenoxy) is 1. The second-order valence-electron chi connectivity index (χ2n) is 2.91. The molecule has 92 valence electrons. The second-order valence-corrected chi connectivity index (χ2v) is 3.68. The average Bonchev–Trinajstić information content (AvgIpc) is 2.36. The summed E-state index contributed by atoms with van der Waals surface area (Å²) in [5, 5.41) is -0.335. The van der Waals surface area contributed by atoms with E-state index < -0.39 is 5.97 Å². The molecule has 0 unspecified atom stereocenters. The van der Waals surface area contributed by atoms with E-state index in [2.05, 4.69) is 4.98 Å². The van der Waals surface area contributed by atoms with Gasteiger partial charge in [0.25, 0.3) is 5.12 Å². The van der Waals surface area contributed by atoms with E-state index in [-0.39, 0.29) is 23.1 Å². The summed E-state index contributed by atoms with van der Waals surface area (Å²) in [6, 6.07) is 4.61. The summed E-state index contributed by atoms with van der Waals surface area (Å²) in [6.45, 7) is 4.18. The molecule has 0 bridgehead atoms. The molecule has 0 radical (unpaired) electrons. The first-order valence-electron chi connectivity index (χ1n) is 5.17. The fraction of sp³-hybridized carbons (Fsp3) is 0.364. The molecule has 0 atom stereocenters. The first-order chi connectivity index (χ1) is 8.19. The maximum absolute atomic E-state index is 11.6. The van der Waals surface area contributed by atoms with Gasteiger partial charge in [-0.25, -0.2) is 9.78 Å². The zero-order valence-electron chi connectivity index (χ0n) is 9.63. The number of carbonyl (C=O) groups is 2. The molecule has 0 aliphatic carbocycles. The summed E-state index contributed by atoms with van der Waals surface area (Å²) < 4.78 is 9.70. The van der Waals surface area contributed by atoms with Crippen LogP contribution in [0.5, 0.6) is 0 Å². The Bertz CT molecular complexity index is 408. The highest BCUT2D eigenvalue weighted by molar-refractivity contribution is 8.10. The van der Waals surface area contributed by atoms with Crippen LogP contribution in [0.2, 0.25) is 0 Å². The fourth-order valence-electron chi connectivity index (χ4n) is 1.02. The molecule has 0 aromatic carbocycles. The fourth-order valence-corrected chi connectivity index (χ4v) is 1.45. The van der Waals surface area contributed by atoms with Gasteiger partial charge in [-0.05, 0) is 26.0 Å². The Hall–Kier alpha value is -1.40. The summed E-state index contributed by atoms with van der Waals surface area (Å²) in [7, 11) is 0. The lowest BCUT2D eigenvalue weighted by atomic mass is 10.3. The van der Waals surface area contributed by atoms with E-state index in [9.17, 15) is 9.59 Å². The lowest BCUT2D eigenvalue weighted by Gasteiger charge is -2.03. The van der Waals surface area contributed by atoms with Crippen molar-refractivity contribution >= 4 is 23.1 Å². The average molecular weight is 255 g/mol. The molecule has 17 heavy (non-hydrogen) atoms. The van der Waals surface area contributed by atoms with Gasteiger partial charge in [0.15, 0.2) is 0 Å². The molecule has 0 fully saturated rings. The summed E-state index contributed by atoms with van der Waals surface area (Å²) in [5.74, 6) is -0.538. The number of nitrogens with zero attached hydrogens (tertiary/aromatic N) is 1. The van der Waals surface area contributed by atoms with Gasteiger partial charge in [0.2, 0.25) is 0 Å². The number of rotatable bonds is 5. The molecule has 0 spiro atoms. The molecule has 0 N–H and O–H groups in total. The van der Waals surface area contributed by atoms with E-state index in [1.165, 1.54) is 12.1 Å². The zero-order chi connectivity index (χ0) is 12.7. The third kappa shape index (κ3) is 4.16. The number of carbonyl (C=O) groups excluding carboxylic acids is 2. The molecule has 5 nitrogen and oxygen atoms in total. The summed E-state index contributed by atoms with van der Waals surface area (Å²) in [5.41, 5.74) is 0.295. The van der Waals surface area contributed by atoms with Crippen molar-refractivity contribution in [1.82, 2.24) is 4.98 Å². The van der Waals surface area contributed by atoms with Crippen LogP contribution in [0.3, 0.4) is 0 Å². The Morgan fingerprint density at radius 1 is 1.24 bits per heavy atom. The lowest BCUT2D eigenvalue weighted by Crippen LogP contribution is -2.09. The van der Waals surface area contributed by atoms with E-state index in [0.29, 0.717) is 18.6 Å². The molecule has 0 saturated carbocycles. The van der Waals surface area contributed by atoms with E-state index in [0.717, 1.165) is 0 Å². The molecule has 1 aromatic heterocycles. The predicted octanol–water partition coefficient (Wildman–Crippen LogP) is 2.08. The topological polar surface area (TPSA) is 65.5 Å². The minimum atomic E-state index is -0.538. The van der Waals surface area contributed by atoms with Crippen LogP contribution in [-0.4, -0.2) is 29.3 Å². The Morgan fingerprint density at radius 3 is 2.59 bits per heavy atom. The predicted molar refractivity (Wildman–Crippen MR) is 63.7 cm³/mol. The highest BCUT2D eigenvalue weighted by atomic mass is 32.2. The molecule has 1 rings (SSSR count). The molecule has 0 aliphatic rings. The lowest BCUT2D eigenvalue weighted by molar-refractivity contribution is 0.0519. The number of esters is 1. The van der Waals surface area contributed by atoms with E-state index in [1.54, 1.807) is 19.9 Å². The third-order valence-electron chi connectivity index (χ3n) is 1.70. The second kappa shape index (κ2) is 7.03. The first-order valence-corrected chi connectivity index (χ1v) is 5.91. The number of hydrogen-bond acceptors (Lipinski definition) is 6. The molecule has 6 heteroatoms. The van der Waals surface area contributed by atoms with Crippen LogP contribution in [0.4, 0.5) is 0 Å². The van der Waals surface area contributed by atoms with Crippen molar-refractivity contribution in [2.75, 3.05) is 13.2 Å². The molecule has 0 aliphatic heterocycles. The molecular weight excluding hydrogens is 242 g/mol. The Kier molecular flexibility index (Phi) is 5.65. The van der Waals surface area contributed by atoms with Crippen LogP contribution in [0.15, 0.2) is 18.2 Å².